The van der Waals surface area contributed by atoms with E-state index in [0.29, 0.717) is 0 Å². The molecule has 2 nitrogen and oxygen atoms in total. The summed E-state index contributed by atoms with van der Waals surface area (Å²) in [4.78, 5) is 0. The lowest BCUT2D eigenvalue weighted by Crippen LogP contribution is -2.07. The molecule has 20 heavy (non-hydrogen) atoms. The van der Waals surface area contributed by atoms with Gasteiger partial charge in [-0.25, -0.2) is 4.39 Å². The van der Waals surface area contributed by atoms with Crippen LogP contribution in [-0.2, 0) is 0 Å². The Bertz CT molecular complexity index is 619. The minimum absolute atomic E-state index is 0.0205. The number of rotatable bonds is 4. The number of methoxy groups -OCH3 is 1. The van der Waals surface area contributed by atoms with E-state index < -0.39 is 0 Å². The van der Waals surface area contributed by atoms with Crippen molar-refractivity contribution >= 4 is 37.5 Å². The summed E-state index contributed by atoms with van der Waals surface area (Å²) in [7, 11) is 1.62. The molecule has 0 spiro atoms. The second-order valence-corrected chi connectivity index (χ2v) is 6.10. The van der Waals surface area contributed by atoms with E-state index in [9.17, 15) is 4.39 Å². The monoisotopic (exact) mass is 401 g/mol. The molecule has 0 amide bonds. The van der Waals surface area contributed by atoms with E-state index >= 15 is 0 Å². The predicted molar refractivity (Wildman–Crippen MR) is 86.8 cm³/mol. The zero-order valence-electron chi connectivity index (χ0n) is 11.1. The molecule has 1 unspecified atom stereocenters. The van der Waals surface area contributed by atoms with Gasteiger partial charge in [-0.1, -0.05) is 12.1 Å². The third-order valence-corrected chi connectivity index (χ3v) is 4.24. The maximum Gasteiger partial charge on any atom is 0.135 e. The van der Waals surface area contributed by atoms with E-state index in [2.05, 4.69) is 37.2 Å². The number of hydrogen-bond acceptors (Lipinski definition) is 2. The van der Waals surface area contributed by atoms with Gasteiger partial charge in [0.2, 0.25) is 0 Å². The minimum Gasteiger partial charge on any atom is -0.495 e. The molecular weight excluding hydrogens is 389 g/mol. The molecule has 106 valence electrons. The van der Waals surface area contributed by atoms with Crippen molar-refractivity contribution < 1.29 is 9.13 Å². The molecule has 2 aromatic carbocycles. The quantitative estimate of drug-likeness (QED) is 0.725. The number of halogens is 3. The van der Waals surface area contributed by atoms with Gasteiger partial charge < -0.3 is 10.1 Å². The SMILES string of the molecule is COc1cc(NC(C)c2cccc(F)c2)c(Br)cc1Br. The lowest BCUT2D eigenvalue weighted by molar-refractivity contribution is 0.412. The van der Waals surface area contributed by atoms with Gasteiger partial charge in [0, 0.05) is 16.6 Å². The van der Waals surface area contributed by atoms with Gasteiger partial charge in [0.05, 0.1) is 17.3 Å². The fourth-order valence-electron chi connectivity index (χ4n) is 1.89. The van der Waals surface area contributed by atoms with Crippen molar-refractivity contribution in [3.63, 3.8) is 0 Å². The average Bonchev–Trinajstić information content (AvgIpc) is 2.41. The van der Waals surface area contributed by atoms with Crippen LogP contribution in [0, 0.1) is 5.82 Å². The number of nitrogens with one attached hydrogen (secondary N) is 1. The predicted octanol–water partition coefficient (Wildman–Crippen LogP) is 5.53. The summed E-state index contributed by atoms with van der Waals surface area (Å²) in [6, 6.07) is 10.4. The van der Waals surface area contributed by atoms with Crippen LogP contribution in [0.3, 0.4) is 0 Å². The Labute approximate surface area is 134 Å². The van der Waals surface area contributed by atoms with Crippen LogP contribution in [0.25, 0.3) is 0 Å². The number of benzene rings is 2. The first kappa shape index (κ1) is 15.3. The topological polar surface area (TPSA) is 21.3 Å². The third kappa shape index (κ3) is 3.52. The zero-order valence-corrected chi connectivity index (χ0v) is 14.3. The molecular formula is C15H14Br2FNO. The fourth-order valence-corrected chi connectivity index (χ4v) is 3.16. The second kappa shape index (κ2) is 6.59. The second-order valence-electron chi connectivity index (χ2n) is 4.39. The van der Waals surface area contributed by atoms with Gasteiger partial charge in [-0.3, -0.25) is 0 Å². The van der Waals surface area contributed by atoms with Crippen molar-refractivity contribution in [3.8, 4) is 5.75 Å². The van der Waals surface area contributed by atoms with Crippen LogP contribution in [0.15, 0.2) is 45.3 Å². The van der Waals surface area contributed by atoms with Crippen molar-refractivity contribution in [1.82, 2.24) is 0 Å². The molecule has 1 N–H and O–H groups in total. The first-order valence-corrected chi connectivity index (χ1v) is 7.65. The lowest BCUT2D eigenvalue weighted by Gasteiger charge is -2.18. The fraction of sp³-hybridized carbons (Fsp3) is 0.200. The highest BCUT2D eigenvalue weighted by molar-refractivity contribution is 9.11. The summed E-state index contributed by atoms with van der Waals surface area (Å²) in [5.41, 5.74) is 1.78. The van der Waals surface area contributed by atoms with Crippen molar-refractivity contribution in [2.45, 2.75) is 13.0 Å². The van der Waals surface area contributed by atoms with Crippen LogP contribution in [-0.4, -0.2) is 7.11 Å². The van der Waals surface area contributed by atoms with Crippen LogP contribution >= 0.6 is 31.9 Å². The first-order chi connectivity index (χ1) is 9.51. The Hall–Kier alpha value is -1.07. The molecule has 1 atom stereocenters. The Morgan fingerprint density at radius 1 is 1.15 bits per heavy atom. The zero-order chi connectivity index (χ0) is 14.7. The standard InChI is InChI=1S/C15H14Br2FNO/c1-9(10-4-3-5-11(18)6-10)19-14-8-15(20-2)13(17)7-12(14)16/h3-9,19H,1-2H3. The van der Waals surface area contributed by atoms with Crippen LogP contribution in [0.2, 0.25) is 0 Å². The van der Waals surface area contributed by atoms with Crippen molar-refractivity contribution in [3.05, 3.63) is 56.7 Å². The number of hydrogen-bond donors (Lipinski definition) is 1. The smallest absolute Gasteiger partial charge is 0.135 e. The maximum absolute atomic E-state index is 13.3. The molecule has 0 aliphatic heterocycles. The molecule has 0 saturated carbocycles. The molecule has 0 aliphatic carbocycles. The van der Waals surface area contributed by atoms with Crippen molar-refractivity contribution in [2.75, 3.05) is 12.4 Å². The Morgan fingerprint density at radius 3 is 2.55 bits per heavy atom. The molecule has 0 bridgehead atoms. The molecule has 0 heterocycles. The highest BCUT2D eigenvalue weighted by Gasteiger charge is 2.11. The molecule has 0 saturated heterocycles. The van der Waals surface area contributed by atoms with E-state index in [1.165, 1.54) is 12.1 Å². The van der Waals surface area contributed by atoms with Crippen LogP contribution in [0.1, 0.15) is 18.5 Å². The molecule has 2 rings (SSSR count). The van der Waals surface area contributed by atoms with E-state index in [1.807, 2.05) is 25.1 Å². The van der Waals surface area contributed by atoms with Gasteiger partial charge in [-0.05, 0) is 62.5 Å². The summed E-state index contributed by atoms with van der Waals surface area (Å²) >= 11 is 6.93. The Balaban J connectivity index is 2.25. The summed E-state index contributed by atoms with van der Waals surface area (Å²) in [6.45, 7) is 1.98. The van der Waals surface area contributed by atoms with Gasteiger partial charge in [0.25, 0.3) is 0 Å². The van der Waals surface area contributed by atoms with E-state index in [4.69, 9.17) is 4.74 Å². The highest BCUT2D eigenvalue weighted by atomic mass is 79.9. The van der Waals surface area contributed by atoms with Crippen LogP contribution < -0.4 is 10.1 Å². The van der Waals surface area contributed by atoms with Gasteiger partial charge in [0.15, 0.2) is 0 Å². The van der Waals surface area contributed by atoms with Gasteiger partial charge >= 0.3 is 0 Å². The largest absolute Gasteiger partial charge is 0.495 e. The number of ether oxygens (including phenoxy) is 1. The van der Waals surface area contributed by atoms with E-state index in [-0.39, 0.29) is 11.9 Å². The minimum atomic E-state index is -0.233. The Morgan fingerprint density at radius 2 is 1.90 bits per heavy atom. The molecule has 0 aromatic heterocycles. The van der Waals surface area contributed by atoms with E-state index in [1.54, 1.807) is 13.2 Å². The molecule has 5 heteroatoms. The third-order valence-electron chi connectivity index (χ3n) is 2.96. The lowest BCUT2D eigenvalue weighted by atomic mass is 10.1. The summed E-state index contributed by atoms with van der Waals surface area (Å²) in [6.07, 6.45) is 0. The normalized spacial score (nSPS) is 12.1. The number of anilines is 1. The van der Waals surface area contributed by atoms with E-state index in [0.717, 1.165) is 25.9 Å². The van der Waals surface area contributed by atoms with Gasteiger partial charge in [-0.2, -0.15) is 0 Å². The summed E-state index contributed by atoms with van der Waals surface area (Å²) < 4.78 is 20.3. The summed E-state index contributed by atoms with van der Waals surface area (Å²) in [5, 5.41) is 3.34. The van der Waals surface area contributed by atoms with Gasteiger partial charge in [0.1, 0.15) is 11.6 Å². The summed E-state index contributed by atoms with van der Waals surface area (Å²) in [5.74, 6) is 0.505. The first-order valence-electron chi connectivity index (χ1n) is 6.06. The van der Waals surface area contributed by atoms with Crippen molar-refractivity contribution in [1.29, 1.82) is 0 Å². The van der Waals surface area contributed by atoms with Crippen molar-refractivity contribution in [2.24, 2.45) is 0 Å². The molecule has 0 fully saturated rings. The maximum atomic E-state index is 13.3. The average molecular weight is 403 g/mol. The Kier molecular flexibility index (Phi) is 5.05. The van der Waals surface area contributed by atoms with Crippen LogP contribution in [0.4, 0.5) is 10.1 Å². The highest BCUT2D eigenvalue weighted by Crippen LogP contribution is 2.36. The molecule has 0 aliphatic rings. The molecule has 2 aromatic rings. The van der Waals surface area contributed by atoms with Gasteiger partial charge in [-0.15, -0.1) is 0 Å². The molecule has 0 radical (unpaired) electrons. The van der Waals surface area contributed by atoms with Crippen LogP contribution in [0.5, 0.6) is 5.75 Å².